The molecule has 0 spiro atoms. The van der Waals surface area contributed by atoms with Crippen molar-refractivity contribution in [2.75, 3.05) is 6.61 Å². The van der Waals surface area contributed by atoms with E-state index < -0.39 is 0 Å². The molecular weight excluding hydrogens is 246 g/mol. The van der Waals surface area contributed by atoms with Gasteiger partial charge in [0.2, 0.25) is 5.88 Å². The van der Waals surface area contributed by atoms with Gasteiger partial charge in [0.1, 0.15) is 0 Å². The molecule has 0 saturated heterocycles. The lowest BCUT2D eigenvalue weighted by Crippen LogP contribution is -1.97. The number of hydrogen-bond acceptors (Lipinski definition) is 2. The van der Waals surface area contributed by atoms with Gasteiger partial charge in [0.25, 0.3) is 0 Å². The van der Waals surface area contributed by atoms with E-state index in [1.807, 2.05) is 19.2 Å². The highest BCUT2D eigenvalue weighted by molar-refractivity contribution is 5.68. The van der Waals surface area contributed by atoms with Crippen LogP contribution in [0.25, 0.3) is 11.1 Å². The van der Waals surface area contributed by atoms with Gasteiger partial charge in [-0.25, -0.2) is 4.98 Å². The summed E-state index contributed by atoms with van der Waals surface area (Å²) in [6, 6.07) is 10.6. The van der Waals surface area contributed by atoms with Gasteiger partial charge in [0.05, 0.1) is 0 Å². The van der Waals surface area contributed by atoms with Crippen molar-refractivity contribution in [3.05, 3.63) is 47.7 Å². The molecule has 2 nitrogen and oxygen atoms in total. The van der Waals surface area contributed by atoms with Crippen molar-refractivity contribution >= 4 is 0 Å². The highest BCUT2D eigenvalue weighted by atomic mass is 16.5. The molecule has 1 aromatic carbocycles. The van der Waals surface area contributed by atoms with Crippen molar-refractivity contribution in [2.45, 2.75) is 26.7 Å². The monoisotopic (exact) mass is 265 g/mol. The summed E-state index contributed by atoms with van der Waals surface area (Å²) in [5, 5.41) is 0. The second-order valence-corrected chi connectivity index (χ2v) is 5.11. The van der Waals surface area contributed by atoms with E-state index >= 15 is 0 Å². The highest BCUT2D eigenvalue weighted by Crippen LogP contribution is 2.27. The van der Waals surface area contributed by atoms with Crippen molar-refractivity contribution in [2.24, 2.45) is 0 Å². The van der Waals surface area contributed by atoms with Crippen LogP contribution < -0.4 is 4.74 Å². The zero-order chi connectivity index (χ0) is 14.5. The van der Waals surface area contributed by atoms with E-state index in [1.165, 1.54) is 11.1 Å². The Morgan fingerprint density at radius 1 is 1.25 bits per heavy atom. The van der Waals surface area contributed by atoms with Crippen LogP contribution in [0.3, 0.4) is 0 Å². The number of rotatable bonds is 4. The van der Waals surface area contributed by atoms with E-state index in [4.69, 9.17) is 11.2 Å². The second-order valence-electron chi connectivity index (χ2n) is 5.11. The quantitative estimate of drug-likeness (QED) is 0.773. The van der Waals surface area contributed by atoms with Gasteiger partial charge in [-0.2, -0.15) is 0 Å². The Hall–Kier alpha value is -2.27. The predicted molar refractivity (Wildman–Crippen MR) is 82.8 cm³/mol. The van der Waals surface area contributed by atoms with E-state index in [1.54, 1.807) is 0 Å². The Bertz CT molecular complexity index is 621. The number of ether oxygens (including phenoxy) is 1. The van der Waals surface area contributed by atoms with Gasteiger partial charge in [0.15, 0.2) is 6.61 Å². The Kier molecular flexibility index (Phi) is 4.42. The van der Waals surface area contributed by atoms with Gasteiger partial charge in [0, 0.05) is 12.3 Å². The third-order valence-corrected chi connectivity index (χ3v) is 3.27. The molecule has 2 aromatic rings. The SMILES string of the molecule is C#CCOc1cc(-c2ccc(C(C)C)cc2)c(C)cn1. The average molecular weight is 265 g/mol. The molecule has 2 heteroatoms. The minimum absolute atomic E-state index is 0.238. The van der Waals surface area contributed by atoms with Crippen LogP contribution in [0.4, 0.5) is 0 Å². The molecule has 0 radical (unpaired) electrons. The van der Waals surface area contributed by atoms with E-state index in [0.717, 1.165) is 11.1 Å². The number of aryl methyl sites for hydroxylation is 1. The van der Waals surface area contributed by atoms with Gasteiger partial charge in [-0.15, -0.1) is 6.42 Å². The fraction of sp³-hybridized carbons (Fsp3) is 0.278. The molecule has 1 aromatic heterocycles. The molecule has 0 aliphatic rings. The third-order valence-electron chi connectivity index (χ3n) is 3.27. The summed E-state index contributed by atoms with van der Waals surface area (Å²) in [5.41, 5.74) is 4.75. The molecule has 0 fully saturated rings. The molecule has 2 rings (SSSR count). The number of terminal acetylenes is 1. The maximum atomic E-state index is 5.39. The Morgan fingerprint density at radius 2 is 1.95 bits per heavy atom. The van der Waals surface area contributed by atoms with Crippen LogP contribution in [-0.4, -0.2) is 11.6 Å². The minimum atomic E-state index is 0.238. The molecular formula is C18H19NO. The van der Waals surface area contributed by atoms with Crippen molar-refractivity contribution in [1.82, 2.24) is 4.98 Å². The fourth-order valence-corrected chi connectivity index (χ4v) is 2.06. The molecule has 0 unspecified atom stereocenters. The van der Waals surface area contributed by atoms with Crippen LogP contribution in [0, 0.1) is 19.3 Å². The van der Waals surface area contributed by atoms with E-state index in [0.29, 0.717) is 11.8 Å². The van der Waals surface area contributed by atoms with Gasteiger partial charge in [-0.1, -0.05) is 44.0 Å². The highest BCUT2D eigenvalue weighted by Gasteiger charge is 2.06. The van der Waals surface area contributed by atoms with Gasteiger partial charge in [-0.05, 0) is 35.1 Å². The van der Waals surface area contributed by atoms with Gasteiger partial charge in [-0.3, -0.25) is 0 Å². The normalized spacial score (nSPS) is 10.3. The van der Waals surface area contributed by atoms with Crippen molar-refractivity contribution < 1.29 is 4.74 Å². The molecule has 0 amide bonds. The smallest absolute Gasteiger partial charge is 0.214 e. The zero-order valence-corrected chi connectivity index (χ0v) is 12.2. The number of aromatic nitrogens is 1. The number of benzene rings is 1. The summed E-state index contributed by atoms with van der Waals surface area (Å²) in [5.74, 6) is 3.55. The summed E-state index contributed by atoms with van der Waals surface area (Å²) < 4.78 is 5.39. The first-order chi connectivity index (χ1) is 9.61. The summed E-state index contributed by atoms with van der Waals surface area (Å²) in [7, 11) is 0. The maximum absolute atomic E-state index is 5.39. The summed E-state index contributed by atoms with van der Waals surface area (Å²) in [6.45, 7) is 6.67. The summed E-state index contributed by atoms with van der Waals surface area (Å²) in [4.78, 5) is 4.23. The Balaban J connectivity index is 2.33. The summed E-state index contributed by atoms with van der Waals surface area (Å²) >= 11 is 0. The molecule has 0 bridgehead atoms. The molecule has 0 saturated carbocycles. The van der Waals surface area contributed by atoms with Crippen LogP contribution in [0.15, 0.2) is 36.5 Å². The summed E-state index contributed by atoms with van der Waals surface area (Å²) in [6.07, 6.45) is 7.01. The van der Waals surface area contributed by atoms with Crippen LogP contribution >= 0.6 is 0 Å². The minimum Gasteiger partial charge on any atom is -0.464 e. The third kappa shape index (κ3) is 3.19. The van der Waals surface area contributed by atoms with Gasteiger partial charge < -0.3 is 4.74 Å². The second kappa shape index (κ2) is 6.25. The first kappa shape index (κ1) is 14.1. The van der Waals surface area contributed by atoms with Crippen LogP contribution in [0.1, 0.15) is 30.9 Å². The first-order valence-electron chi connectivity index (χ1n) is 6.75. The lowest BCUT2D eigenvalue weighted by Gasteiger charge is -2.10. The molecule has 0 atom stereocenters. The van der Waals surface area contributed by atoms with Crippen LogP contribution in [0.5, 0.6) is 5.88 Å². The lowest BCUT2D eigenvalue weighted by atomic mass is 9.97. The Morgan fingerprint density at radius 3 is 2.55 bits per heavy atom. The maximum Gasteiger partial charge on any atom is 0.214 e. The number of nitrogens with zero attached hydrogens (tertiary/aromatic N) is 1. The predicted octanol–water partition coefficient (Wildman–Crippen LogP) is 4.19. The van der Waals surface area contributed by atoms with Crippen LogP contribution in [-0.2, 0) is 0 Å². The van der Waals surface area contributed by atoms with E-state index in [9.17, 15) is 0 Å². The largest absolute Gasteiger partial charge is 0.464 e. The Labute approximate surface area is 120 Å². The zero-order valence-electron chi connectivity index (χ0n) is 12.2. The molecule has 0 N–H and O–H groups in total. The first-order valence-corrected chi connectivity index (χ1v) is 6.75. The van der Waals surface area contributed by atoms with E-state index in [-0.39, 0.29) is 6.61 Å². The van der Waals surface area contributed by atoms with E-state index in [2.05, 4.69) is 49.0 Å². The number of hydrogen-bond donors (Lipinski definition) is 0. The standard InChI is InChI=1S/C18H19NO/c1-5-10-20-18-11-17(14(4)12-19-18)16-8-6-15(7-9-16)13(2)3/h1,6-9,11-13H,10H2,2-4H3. The van der Waals surface area contributed by atoms with Crippen molar-refractivity contribution in [1.29, 1.82) is 0 Å². The fourth-order valence-electron chi connectivity index (χ4n) is 2.06. The van der Waals surface area contributed by atoms with Crippen molar-refractivity contribution in [3.8, 4) is 29.4 Å². The molecule has 20 heavy (non-hydrogen) atoms. The lowest BCUT2D eigenvalue weighted by molar-refractivity contribution is 0.355. The van der Waals surface area contributed by atoms with Crippen molar-refractivity contribution in [3.63, 3.8) is 0 Å². The molecule has 0 aliphatic carbocycles. The molecule has 0 aliphatic heterocycles. The van der Waals surface area contributed by atoms with Gasteiger partial charge >= 0.3 is 0 Å². The topological polar surface area (TPSA) is 22.1 Å². The van der Waals surface area contributed by atoms with Crippen LogP contribution in [0.2, 0.25) is 0 Å². The number of pyridine rings is 1. The molecule has 102 valence electrons. The average Bonchev–Trinajstić information content (AvgIpc) is 2.46. The molecule has 1 heterocycles.